The van der Waals surface area contributed by atoms with Crippen LogP contribution < -0.4 is 15.9 Å². The van der Waals surface area contributed by atoms with Crippen molar-refractivity contribution in [3.8, 4) is 0 Å². The van der Waals surface area contributed by atoms with E-state index in [9.17, 15) is 0 Å². The number of hydrogen-bond donors (Lipinski definition) is 0. The highest BCUT2D eigenvalue weighted by Gasteiger charge is 2.15. The van der Waals surface area contributed by atoms with Crippen molar-refractivity contribution in [2.24, 2.45) is 5.92 Å². The molecule has 0 amide bonds. The average Bonchev–Trinajstić information content (AvgIpc) is 2.74. The van der Waals surface area contributed by atoms with Gasteiger partial charge in [0.2, 0.25) is 0 Å². The van der Waals surface area contributed by atoms with Crippen LogP contribution in [0.15, 0.2) is 91.0 Å². The van der Waals surface area contributed by atoms with Gasteiger partial charge in [-0.25, -0.2) is 0 Å². The van der Waals surface area contributed by atoms with Crippen molar-refractivity contribution in [2.75, 3.05) is 11.9 Å². The fourth-order valence-electron chi connectivity index (χ4n) is 2.62. The Morgan fingerprint density at radius 2 is 1.07 bits per heavy atom. The lowest BCUT2D eigenvalue weighted by atomic mass is 10.2. The predicted octanol–water partition coefficient (Wildman–Crippen LogP) is 6.31. The Hall–Kier alpha value is -1.25. The van der Waals surface area contributed by atoms with Gasteiger partial charge < -0.3 is 4.43 Å². The zero-order valence-electron chi connectivity index (χ0n) is 17.9. The summed E-state index contributed by atoms with van der Waals surface area (Å²) in [5, 5.41) is 5.23. The zero-order valence-corrected chi connectivity index (χ0v) is 21.4. The van der Waals surface area contributed by atoms with Crippen LogP contribution in [0.3, 0.4) is 0 Å². The summed E-state index contributed by atoms with van der Waals surface area (Å²) in [5.41, 5.74) is 0. The van der Waals surface area contributed by atoms with Crippen LogP contribution >= 0.6 is 23.9 Å². The minimum absolute atomic E-state index is 0.446. The van der Waals surface area contributed by atoms with Crippen LogP contribution in [-0.4, -0.2) is 20.3 Å². The topological polar surface area (TPSA) is 9.23 Å². The molecule has 0 fully saturated rings. The molecule has 0 N–H and O–H groups in total. The third kappa shape index (κ3) is 8.96. The SMILES string of the molecule is C[C@H](CBr)CO[Si](C)(C)C.c1ccc(P(c2ccccc2)c2ccccc2)cc1. The van der Waals surface area contributed by atoms with E-state index in [1.807, 2.05) is 0 Å². The van der Waals surface area contributed by atoms with Gasteiger partial charge in [-0.15, -0.1) is 0 Å². The van der Waals surface area contributed by atoms with Gasteiger partial charge in [-0.3, -0.25) is 0 Å². The van der Waals surface area contributed by atoms with E-state index in [0.29, 0.717) is 5.92 Å². The highest BCUT2D eigenvalue weighted by atomic mass is 79.9. The van der Waals surface area contributed by atoms with Gasteiger partial charge in [0.05, 0.1) is 0 Å². The van der Waals surface area contributed by atoms with E-state index < -0.39 is 16.2 Å². The third-order valence-electron chi connectivity index (χ3n) is 4.11. The van der Waals surface area contributed by atoms with Gasteiger partial charge in [0, 0.05) is 11.9 Å². The fourth-order valence-corrected chi connectivity index (χ4v) is 5.89. The number of alkyl halides is 1. The second kappa shape index (κ2) is 12.4. The zero-order chi connectivity index (χ0) is 21.1. The lowest BCUT2D eigenvalue weighted by Gasteiger charge is -2.19. The molecule has 0 unspecified atom stereocenters. The minimum Gasteiger partial charge on any atom is -0.417 e. The summed E-state index contributed by atoms with van der Waals surface area (Å²) in [5.74, 6) is 0.645. The molecule has 29 heavy (non-hydrogen) atoms. The summed E-state index contributed by atoms with van der Waals surface area (Å²) < 4.78 is 5.69. The van der Waals surface area contributed by atoms with E-state index >= 15 is 0 Å². The van der Waals surface area contributed by atoms with E-state index in [1.54, 1.807) is 0 Å². The average molecular weight is 487 g/mol. The van der Waals surface area contributed by atoms with Crippen LogP contribution in [0.1, 0.15) is 6.92 Å². The molecule has 0 aliphatic heterocycles. The van der Waals surface area contributed by atoms with Crippen LogP contribution in [0.4, 0.5) is 0 Å². The molecule has 3 aromatic carbocycles. The van der Waals surface area contributed by atoms with Crippen LogP contribution in [-0.2, 0) is 4.43 Å². The summed E-state index contributed by atoms with van der Waals surface area (Å²) in [6.45, 7) is 9.74. The van der Waals surface area contributed by atoms with E-state index in [4.69, 9.17) is 4.43 Å². The van der Waals surface area contributed by atoms with Crippen molar-refractivity contribution < 1.29 is 4.43 Å². The Kier molecular flexibility index (Phi) is 10.3. The van der Waals surface area contributed by atoms with Gasteiger partial charge in [-0.05, 0) is 49.4 Å². The predicted molar refractivity (Wildman–Crippen MR) is 137 cm³/mol. The third-order valence-corrected chi connectivity index (χ3v) is 8.69. The van der Waals surface area contributed by atoms with Gasteiger partial charge in [-0.2, -0.15) is 0 Å². The van der Waals surface area contributed by atoms with Crippen LogP contribution in [0.5, 0.6) is 0 Å². The maximum atomic E-state index is 5.69. The summed E-state index contributed by atoms with van der Waals surface area (Å²) in [7, 11) is -1.70. The quantitative estimate of drug-likeness (QED) is 0.216. The van der Waals surface area contributed by atoms with Crippen molar-refractivity contribution in [1.82, 2.24) is 0 Å². The number of hydrogen-bond acceptors (Lipinski definition) is 1. The van der Waals surface area contributed by atoms with E-state index in [2.05, 4.69) is 133 Å². The molecular weight excluding hydrogens is 455 g/mol. The summed E-state index contributed by atoms with van der Waals surface area (Å²) in [4.78, 5) is 0. The molecule has 3 rings (SSSR count). The number of halogens is 1. The molecule has 0 radical (unpaired) electrons. The van der Waals surface area contributed by atoms with Gasteiger partial charge in [0.15, 0.2) is 8.32 Å². The molecule has 0 saturated carbocycles. The molecule has 0 spiro atoms. The number of rotatable bonds is 7. The molecule has 1 nitrogen and oxygen atoms in total. The first-order valence-corrected chi connectivity index (χ1v) is 15.9. The summed E-state index contributed by atoms with van der Waals surface area (Å²) >= 11 is 3.42. The molecule has 1 atom stereocenters. The lowest BCUT2D eigenvalue weighted by Crippen LogP contribution is -2.28. The second-order valence-corrected chi connectivity index (χ2v) is 15.4. The molecule has 154 valence electrons. The van der Waals surface area contributed by atoms with Gasteiger partial charge in [-0.1, -0.05) is 114 Å². The van der Waals surface area contributed by atoms with Crippen molar-refractivity contribution in [3.63, 3.8) is 0 Å². The Labute approximate surface area is 187 Å². The lowest BCUT2D eigenvalue weighted by molar-refractivity contribution is 0.268. The second-order valence-electron chi connectivity index (χ2n) is 8.02. The molecule has 4 heteroatoms. The van der Waals surface area contributed by atoms with Crippen LogP contribution in [0.2, 0.25) is 19.6 Å². The maximum Gasteiger partial charge on any atom is 0.183 e. The Balaban J connectivity index is 0.000000257. The van der Waals surface area contributed by atoms with Crippen LogP contribution in [0.25, 0.3) is 0 Å². The highest BCUT2D eigenvalue weighted by Crippen LogP contribution is 2.32. The Morgan fingerprint density at radius 3 is 1.34 bits per heavy atom. The minimum atomic E-state index is -1.26. The van der Waals surface area contributed by atoms with Crippen molar-refractivity contribution in [1.29, 1.82) is 0 Å². The molecule has 0 heterocycles. The van der Waals surface area contributed by atoms with E-state index in [1.165, 1.54) is 15.9 Å². The standard InChI is InChI=1S/C18H15P.C7H17BrOSi/c1-4-10-16(11-5-1)19(17-12-6-2-7-13-17)18-14-8-3-9-15-18;1-7(5-8)6-9-10(2,3)4/h1-15H;7H,5-6H2,1-4H3/t;7-/m.1/s1. The Bertz CT molecular complexity index is 713. The monoisotopic (exact) mass is 486 g/mol. The fraction of sp³-hybridized carbons (Fsp3) is 0.280. The molecule has 0 bridgehead atoms. The van der Waals surface area contributed by atoms with Crippen molar-refractivity contribution in [2.45, 2.75) is 26.6 Å². The van der Waals surface area contributed by atoms with Crippen molar-refractivity contribution >= 4 is 48.1 Å². The van der Waals surface area contributed by atoms with Gasteiger partial charge in [0.25, 0.3) is 0 Å². The van der Waals surface area contributed by atoms with Crippen LogP contribution in [0, 0.1) is 5.92 Å². The van der Waals surface area contributed by atoms with Gasteiger partial charge in [0.1, 0.15) is 0 Å². The smallest absolute Gasteiger partial charge is 0.183 e. The van der Waals surface area contributed by atoms with Crippen molar-refractivity contribution in [3.05, 3.63) is 91.0 Å². The highest BCUT2D eigenvalue weighted by molar-refractivity contribution is 9.09. The molecule has 3 aromatic rings. The summed E-state index contributed by atoms with van der Waals surface area (Å²) in [6, 6.07) is 32.3. The molecular formula is C25H32BrOPSi. The number of benzene rings is 3. The van der Waals surface area contributed by atoms with E-state index in [-0.39, 0.29) is 0 Å². The summed E-state index contributed by atoms with van der Waals surface area (Å²) in [6.07, 6.45) is 0. The molecule has 0 aliphatic rings. The first-order valence-electron chi connectivity index (χ1n) is 10.1. The molecule has 0 aromatic heterocycles. The maximum absolute atomic E-state index is 5.69. The molecule has 0 aliphatic carbocycles. The Morgan fingerprint density at radius 1 is 0.724 bits per heavy atom. The first kappa shape index (κ1) is 24.0. The van der Waals surface area contributed by atoms with E-state index in [0.717, 1.165) is 11.9 Å². The largest absolute Gasteiger partial charge is 0.417 e. The normalized spacial score (nSPS) is 12.2. The van der Waals surface area contributed by atoms with Gasteiger partial charge >= 0.3 is 0 Å². The molecule has 0 saturated heterocycles. The first-order chi connectivity index (χ1) is 13.9.